The van der Waals surface area contributed by atoms with Gasteiger partial charge in [0.25, 0.3) is 5.91 Å². The van der Waals surface area contributed by atoms with E-state index >= 15 is 0 Å². The summed E-state index contributed by atoms with van der Waals surface area (Å²) in [6.45, 7) is 9.12. The average Bonchev–Trinajstić information content (AvgIpc) is 2.86. The lowest BCUT2D eigenvalue weighted by molar-refractivity contribution is 0.0975. The van der Waals surface area contributed by atoms with Crippen molar-refractivity contribution in [1.29, 1.82) is 0 Å². The van der Waals surface area contributed by atoms with Gasteiger partial charge in [-0.25, -0.2) is 4.39 Å². The van der Waals surface area contributed by atoms with Gasteiger partial charge in [-0.3, -0.25) is 15.1 Å². The second-order valence-corrected chi connectivity index (χ2v) is 8.84. The Morgan fingerprint density at radius 1 is 1.03 bits per heavy atom. The van der Waals surface area contributed by atoms with Crippen LogP contribution in [0.15, 0.2) is 65.7 Å². The van der Waals surface area contributed by atoms with Crippen LogP contribution in [0.3, 0.4) is 0 Å². The molecule has 0 aliphatic heterocycles. The maximum atomic E-state index is 14.8. The van der Waals surface area contributed by atoms with Gasteiger partial charge in [-0.1, -0.05) is 62.4 Å². The van der Waals surface area contributed by atoms with E-state index in [4.69, 9.17) is 5.73 Å². The summed E-state index contributed by atoms with van der Waals surface area (Å²) in [6, 6.07) is 19.3. The third kappa shape index (κ3) is 7.12. The molecule has 0 fully saturated rings. The molecule has 3 rings (SSSR count). The minimum Gasteiger partial charge on any atom is -0.370 e. The lowest BCUT2D eigenvalue weighted by Gasteiger charge is -2.26. The number of carbonyl (C=O) groups is 1. The van der Waals surface area contributed by atoms with E-state index in [9.17, 15) is 9.18 Å². The molecule has 1 unspecified atom stereocenters. The molecule has 5 nitrogen and oxygen atoms in total. The number of carbonyl (C=O) groups excluding carboxylic acids is 1. The van der Waals surface area contributed by atoms with E-state index in [2.05, 4.69) is 60.2 Å². The predicted molar refractivity (Wildman–Crippen MR) is 143 cm³/mol. The van der Waals surface area contributed by atoms with Crippen LogP contribution in [0, 0.1) is 5.82 Å². The van der Waals surface area contributed by atoms with E-state index in [1.54, 1.807) is 12.1 Å². The number of hydrogen-bond donors (Lipinski definition) is 2. The van der Waals surface area contributed by atoms with Crippen LogP contribution in [0.2, 0.25) is 0 Å². The smallest absolute Gasteiger partial charge is 0.258 e. The summed E-state index contributed by atoms with van der Waals surface area (Å²) in [4.78, 5) is 19.6. The van der Waals surface area contributed by atoms with Gasteiger partial charge in [-0.2, -0.15) is 0 Å². The number of fused-ring (bicyclic) bond motifs is 1. The Labute approximate surface area is 208 Å². The Morgan fingerprint density at radius 2 is 1.74 bits per heavy atom. The zero-order valence-corrected chi connectivity index (χ0v) is 21.1. The molecule has 0 heterocycles. The molecular formula is C29H37FN4O. The molecule has 0 bridgehead atoms. The van der Waals surface area contributed by atoms with Crippen LogP contribution in [0.5, 0.6) is 0 Å². The molecular weight excluding hydrogens is 439 g/mol. The van der Waals surface area contributed by atoms with Crippen LogP contribution in [0.25, 0.3) is 10.8 Å². The number of amides is 1. The molecule has 6 heteroatoms. The molecule has 0 aromatic heterocycles. The van der Waals surface area contributed by atoms with Crippen LogP contribution < -0.4 is 11.1 Å². The van der Waals surface area contributed by atoms with Gasteiger partial charge in [0.15, 0.2) is 5.96 Å². The van der Waals surface area contributed by atoms with Crippen molar-refractivity contribution in [3.8, 4) is 0 Å². The Kier molecular flexibility index (Phi) is 9.79. The quantitative estimate of drug-likeness (QED) is 0.224. The fourth-order valence-corrected chi connectivity index (χ4v) is 4.63. The van der Waals surface area contributed by atoms with Crippen LogP contribution in [-0.4, -0.2) is 42.4 Å². The Balaban J connectivity index is 1.63. The fraction of sp³-hybridized carbons (Fsp3) is 0.379. The first-order valence-corrected chi connectivity index (χ1v) is 12.5. The maximum absolute atomic E-state index is 14.8. The molecule has 0 spiro atoms. The van der Waals surface area contributed by atoms with Crippen LogP contribution in [0.1, 0.15) is 55.1 Å². The Morgan fingerprint density at radius 3 is 2.51 bits per heavy atom. The van der Waals surface area contributed by atoms with Crippen molar-refractivity contribution in [3.05, 3.63) is 83.2 Å². The lowest BCUT2D eigenvalue weighted by Crippen LogP contribution is -2.37. The van der Waals surface area contributed by atoms with Crippen LogP contribution in [0.4, 0.5) is 4.39 Å². The summed E-state index contributed by atoms with van der Waals surface area (Å²) in [6.07, 6.45) is 2.92. The number of nitrogens with zero attached hydrogens (tertiary/aromatic N) is 2. The number of rotatable bonds is 11. The van der Waals surface area contributed by atoms with Gasteiger partial charge in [0.05, 0.1) is 0 Å². The number of nitrogens with two attached hydrogens (primary N) is 1. The van der Waals surface area contributed by atoms with E-state index in [1.165, 1.54) is 6.07 Å². The molecule has 0 saturated carbocycles. The van der Waals surface area contributed by atoms with Gasteiger partial charge in [-0.15, -0.1) is 0 Å². The number of aryl methyl sites for hydroxylation is 1. The summed E-state index contributed by atoms with van der Waals surface area (Å²) in [5, 5.41) is 4.92. The molecule has 35 heavy (non-hydrogen) atoms. The third-order valence-electron chi connectivity index (χ3n) is 6.63. The standard InChI is InChI=1S/C29H37FN4O/c1-4-34(5-2)21(3)11-10-20-32-29(31)33-28(35)26-16-9-17-27(30)25(26)19-18-23-14-8-13-22-12-6-7-15-24(22)23/h6-9,12-17,21H,4-5,10-11,18-20H2,1-3H3,(H3,31,32,33,35). The number of guanidine groups is 1. The third-order valence-corrected chi connectivity index (χ3v) is 6.63. The Bertz CT molecular complexity index is 1150. The van der Waals surface area contributed by atoms with E-state index in [-0.39, 0.29) is 5.96 Å². The number of nitrogens with one attached hydrogen (secondary N) is 1. The molecule has 0 saturated heterocycles. The van der Waals surface area contributed by atoms with Crippen molar-refractivity contribution >= 4 is 22.6 Å². The highest BCUT2D eigenvalue weighted by Crippen LogP contribution is 2.22. The van der Waals surface area contributed by atoms with Crippen molar-refractivity contribution in [2.75, 3.05) is 19.6 Å². The molecule has 1 atom stereocenters. The van der Waals surface area contributed by atoms with Gasteiger partial charge >= 0.3 is 0 Å². The number of halogens is 1. The second-order valence-electron chi connectivity index (χ2n) is 8.84. The highest BCUT2D eigenvalue weighted by atomic mass is 19.1. The van der Waals surface area contributed by atoms with E-state index in [0.29, 0.717) is 36.6 Å². The Hall–Kier alpha value is -3.25. The van der Waals surface area contributed by atoms with Crippen LogP contribution >= 0.6 is 0 Å². The van der Waals surface area contributed by atoms with Gasteiger partial charge < -0.3 is 10.6 Å². The predicted octanol–water partition coefficient (Wildman–Crippen LogP) is 5.32. The molecule has 0 radical (unpaired) electrons. The topological polar surface area (TPSA) is 70.7 Å². The molecule has 0 aliphatic carbocycles. The molecule has 3 aromatic carbocycles. The molecule has 1 amide bonds. The number of benzene rings is 3. The zero-order chi connectivity index (χ0) is 25.2. The molecule has 0 aliphatic rings. The summed E-state index contributed by atoms with van der Waals surface area (Å²) >= 11 is 0. The summed E-state index contributed by atoms with van der Waals surface area (Å²) in [5.41, 5.74) is 7.77. The maximum Gasteiger partial charge on any atom is 0.258 e. The summed E-state index contributed by atoms with van der Waals surface area (Å²) in [5.74, 6) is -0.760. The molecule has 186 valence electrons. The first-order chi connectivity index (χ1) is 16.9. The average molecular weight is 477 g/mol. The van der Waals surface area contributed by atoms with Crippen molar-refractivity contribution in [1.82, 2.24) is 10.2 Å². The van der Waals surface area contributed by atoms with E-state index in [1.807, 2.05) is 18.2 Å². The van der Waals surface area contributed by atoms with E-state index < -0.39 is 11.7 Å². The lowest BCUT2D eigenvalue weighted by atomic mass is 9.96. The highest BCUT2D eigenvalue weighted by Gasteiger charge is 2.16. The van der Waals surface area contributed by atoms with Gasteiger partial charge in [-0.05, 0) is 74.2 Å². The zero-order valence-electron chi connectivity index (χ0n) is 21.1. The van der Waals surface area contributed by atoms with Crippen molar-refractivity contribution < 1.29 is 9.18 Å². The SMILES string of the molecule is CCN(CC)C(C)CCCN=C(N)NC(=O)c1cccc(F)c1CCc1cccc2ccccc12. The van der Waals surface area contributed by atoms with Crippen LogP contribution in [-0.2, 0) is 12.8 Å². The van der Waals surface area contributed by atoms with Crippen molar-refractivity contribution in [3.63, 3.8) is 0 Å². The first-order valence-electron chi connectivity index (χ1n) is 12.5. The second kappa shape index (κ2) is 13.0. The van der Waals surface area contributed by atoms with Gasteiger partial charge in [0, 0.05) is 23.7 Å². The summed E-state index contributed by atoms with van der Waals surface area (Å²) < 4.78 is 14.8. The minimum absolute atomic E-state index is 0.0646. The minimum atomic E-state index is -0.435. The van der Waals surface area contributed by atoms with Crippen molar-refractivity contribution in [2.24, 2.45) is 10.7 Å². The molecule has 3 aromatic rings. The molecule has 3 N–H and O–H groups in total. The number of hydrogen-bond acceptors (Lipinski definition) is 3. The van der Waals surface area contributed by atoms with E-state index in [0.717, 1.165) is 42.3 Å². The monoisotopic (exact) mass is 476 g/mol. The first kappa shape index (κ1) is 26.4. The normalized spacial score (nSPS) is 12.8. The van der Waals surface area contributed by atoms with Crippen molar-refractivity contribution in [2.45, 2.75) is 52.5 Å². The largest absolute Gasteiger partial charge is 0.370 e. The fourth-order valence-electron chi connectivity index (χ4n) is 4.63. The van der Waals surface area contributed by atoms with Gasteiger partial charge in [0.1, 0.15) is 5.82 Å². The number of aliphatic imine (C=N–C) groups is 1. The summed E-state index contributed by atoms with van der Waals surface area (Å²) in [7, 11) is 0. The highest BCUT2D eigenvalue weighted by molar-refractivity contribution is 6.06. The van der Waals surface area contributed by atoms with Gasteiger partial charge in [0.2, 0.25) is 0 Å².